The van der Waals surface area contributed by atoms with Crippen LogP contribution >= 0.6 is 0 Å². The van der Waals surface area contributed by atoms with E-state index in [-0.39, 0.29) is 6.54 Å². The molecule has 0 aromatic heterocycles. The fourth-order valence-electron chi connectivity index (χ4n) is 3.29. The lowest BCUT2D eigenvalue weighted by Gasteiger charge is -2.20. The minimum absolute atomic E-state index is 0.198. The fourth-order valence-corrected chi connectivity index (χ4v) is 3.29. The van der Waals surface area contributed by atoms with Crippen molar-refractivity contribution in [3.8, 4) is 0 Å². The molecular formula is C24H45NO2. The van der Waals surface area contributed by atoms with E-state index in [0.29, 0.717) is 0 Å². The van der Waals surface area contributed by atoms with Gasteiger partial charge in [0.2, 0.25) is 0 Å². The Morgan fingerprint density at radius 2 is 1.07 bits per heavy atom. The molecule has 0 aromatic rings. The van der Waals surface area contributed by atoms with Crippen molar-refractivity contribution in [1.29, 1.82) is 0 Å². The topological polar surface area (TPSA) is 40.5 Å². The van der Waals surface area contributed by atoms with Gasteiger partial charge in [0.1, 0.15) is 0 Å². The van der Waals surface area contributed by atoms with Crippen LogP contribution < -0.4 is 0 Å². The molecule has 0 spiro atoms. The number of hydrogen-bond donors (Lipinski definition) is 1. The predicted octanol–water partition coefficient (Wildman–Crippen LogP) is 6.99. The van der Waals surface area contributed by atoms with Crippen molar-refractivity contribution >= 4 is 5.97 Å². The highest BCUT2D eigenvalue weighted by Crippen LogP contribution is 2.10. The van der Waals surface area contributed by atoms with Crippen molar-refractivity contribution in [2.24, 2.45) is 0 Å². The Balaban J connectivity index is 3.66. The molecule has 0 aliphatic carbocycles. The number of unbranched alkanes of at least 4 members (excludes halogenated alkanes) is 10. The molecule has 0 radical (unpaired) electrons. The summed E-state index contributed by atoms with van der Waals surface area (Å²) in [6, 6.07) is 0. The van der Waals surface area contributed by atoms with Gasteiger partial charge in [0, 0.05) is 0 Å². The molecule has 0 fully saturated rings. The SMILES string of the molecule is CC/C=C/CCCCCCCN(CCCCCCC/C=C/CC)CC(=O)O. The lowest BCUT2D eigenvalue weighted by atomic mass is 10.1. The van der Waals surface area contributed by atoms with Gasteiger partial charge in [-0.2, -0.15) is 0 Å². The molecule has 27 heavy (non-hydrogen) atoms. The number of aliphatic carboxylic acids is 1. The van der Waals surface area contributed by atoms with Gasteiger partial charge in [-0.3, -0.25) is 9.69 Å². The average molecular weight is 380 g/mol. The van der Waals surface area contributed by atoms with Crippen molar-refractivity contribution in [3.63, 3.8) is 0 Å². The van der Waals surface area contributed by atoms with Crippen molar-refractivity contribution in [2.75, 3.05) is 19.6 Å². The lowest BCUT2D eigenvalue weighted by Crippen LogP contribution is -2.31. The van der Waals surface area contributed by atoms with Crippen LogP contribution in [0.15, 0.2) is 24.3 Å². The van der Waals surface area contributed by atoms with E-state index in [0.717, 1.165) is 38.8 Å². The molecule has 0 aliphatic rings. The maximum Gasteiger partial charge on any atom is 0.317 e. The third-order valence-electron chi connectivity index (χ3n) is 4.85. The van der Waals surface area contributed by atoms with Gasteiger partial charge in [-0.1, -0.05) is 76.7 Å². The number of carboxylic acids is 1. The summed E-state index contributed by atoms with van der Waals surface area (Å²) in [6.45, 7) is 6.41. The highest BCUT2D eigenvalue weighted by atomic mass is 16.4. The summed E-state index contributed by atoms with van der Waals surface area (Å²) in [4.78, 5) is 13.2. The van der Waals surface area contributed by atoms with Crippen molar-refractivity contribution in [2.45, 2.75) is 104 Å². The van der Waals surface area contributed by atoms with Crippen LogP contribution in [-0.4, -0.2) is 35.6 Å². The summed E-state index contributed by atoms with van der Waals surface area (Å²) >= 11 is 0. The maximum absolute atomic E-state index is 11.1. The summed E-state index contributed by atoms with van der Waals surface area (Å²) in [5.41, 5.74) is 0. The zero-order valence-corrected chi connectivity index (χ0v) is 18.1. The number of hydrogen-bond acceptors (Lipinski definition) is 2. The van der Waals surface area contributed by atoms with Gasteiger partial charge in [0.15, 0.2) is 0 Å². The Labute approximate surface area is 168 Å². The highest BCUT2D eigenvalue weighted by molar-refractivity contribution is 5.69. The predicted molar refractivity (Wildman–Crippen MR) is 118 cm³/mol. The van der Waals surface area contributed by atoms with E-state index in [1.807, 2.05) is 0 Å². The normalized spacial score (nSPS) is 12.0. The third-order valence-corrected chi connectivity index (χ3v) is 4.85. The summed E-state index contributed by atoms with van der Waals surface area (Å²) in [6.07, 6.45) is 26.1. The largest absolute Gasteiger partial charge is 0.480 e. The zero-order valence-electron chi connectivity index (χ0n) is 18.1. The lowest BCUT2D eigenvalue weighted by molar-refractivity contribution is -0.138. The molecule has 0 amide bonds. The molecule has 0 heterocycles. The Morgan fingerprint density at radius 1 is 0.667 bits per heavy atom. The van der Waals surface area contributed by atoms with Crippen LogP contribution in [0.25, 0.3) is 0 Å². The first-order valence-corrected chi connectivity index (χ1v) is 11.4. The molecule has 0 aromatic carbocycles. The van der Waals surface area contributed by atoms with Gasteiger partial charge >= 0.3 is 5.97 Å². The number of rotatable bonds is 20. The second-order valence-corrected chi connectivity index (χ2v) is 7.54. The summed E-state index contributed by atoms with van der Waals surface area (Å²) in [7, 11) is 0. The summed E-state index contributed by atoms with van der Waals surface area (Å²) in [5.74, 6) is -0.694. The standard InChI is InChI=1S/C24H45NO2/c1-3-5-7-9-11-13-15-17-19-21-25(23-24(26)27)22-20-18-16-14-12-10-8-6-4-2/h5-8H,3-4,9-23H2,1-2H3,(H,26,27)/b7-5+,8-6+. The van der Waals surface area contributed by atoms with E-state index < -0.39 is 5.97 Å². The first kappa shape index (κ1) is 25.9. The second kappa shape index (κ2) is 21.2. The van der Waals surface area contributed by atoms with E-state index in [2.05, 4.69) is 43.1 Å². The van der Waals surface area contributed by atoms with E-state index >= 15 is 0 Å². The van der Waals surface area contributed by atoms with Crippen LogP contribution in [0, 0.1) is 0 Å². The van der Waals surface area contributed by atoms with E-state index in [1.54, 1.807) is 0 Å². The number of carbonyl (C=O) groups is 1. The van der Waals surface area contributed by atoms with Crippen molar-refractivity contribution in [1.82, 2.24) is 4.90 Å². The molecule has 0 saturated carbocycles. The molecule has 158 valence electrons. The van der Waals surface area contributed by atoms with Crippen LogP contribution in [0.4, 0.5) is 0 Å². The van der Waals surface area contributed by atoms with Crippen LogP contribution in [-0.2, 0) is 4.79 Å². The van der Waals surface area contributed by atoms with Gasteiger partial charge in [0.05, 0.1) is 6.54 Å². The first-order valence-electron chi connectivity index (χ1n) is 11.4. The Kier molecular flexibility index (Phi) is 20.4. The van der Waals surface area contributed by atoms with E-state index in [4.69, 9.17) is 5.11 Å². The molecule has 3 nitrogen and oxygen atoms in total. The van der Waals surface area contributed by atoms with Gasteiger partial charge < -0.3 is 5.11 Å². The Bertz CT molecular complexity index is 349. The minimum atomic E-state index is -0.694. The molecule has 0 bridgehead atoms. The molecule has 0 rings (SSSR count). The number of carboxylic acid groups (broad SMARTS) is 1. The third kappa shape index (κ3) is 21.1. The molecule has 0 aliphatic heterocycles. The van der Waals surface area contributed by atoms with Gasteiger partial charge in [-0.15, -0.1) is 0 Å². The van der Waals surface area contributed by atoms with E-state index in [1.165, 1.54) is 64.2 Å². The molecule has 3 heteroatoms. The highest BCUT2D eigenvalue weighted by Gasteiger charge is 2.08. The fraction of sp³-hybridized carbons (Fsp3) is 0.792. The molecule has 0 saturated heterocycles. The van der Waals surface area contributed by atoms with Gasteiger partial charge in [-0.05, 0) is 64.5 Å². The molecule has 0 unspecified atom stereocenters. The number of allylic oxidation sites excluding steroid dienone is 4. The second-order valence-electron chi connectivity index (χ2n) is 7.54. The Hall–Kier alpha value is -1.09. The monoisotopic (exact) mass is 379 g/mol. The van der Waals surface area contributed by atoms with Crippen LogP contribution in [0.5, 0.6) is 0 Å². The molecule has 1 N–H and O–H groups in total. The van der Waals surface area contributed by atoms with Crippen molar-refractivity contribution < 1.29 is 9.90 Å². The van der Waals surface area contributed by atoms with Crippen LogP contribution in [0.1, 0.15) is 104 Å². The van der Waals surface area contributed by atoms with Gasteiger partial charge in [0.25, 0.3) is 0 Å². The Morgan fingerprint density at radius 3 is 1.48 bits per heavy atom. The molecule has 0 atom stereocenters. The maximum atomic E-state index is 11.1. The minimum Gasteiger partial charge on any atom is -0.480 e. The quantitative estimate of drug-likeness (QED) is 0.183. The zero-order chi connectivity index (χ0) is 20.0. The van der Waals surface area contributed by atoms with E-state index in [9.17, 15) is 4.79 Å². The molecular weight excluding hydrogens is 334 g/mol. The van der Waals surface area contributed by atoms with Gasteiger partial charge in [-0.25, -0.2) is 0 Å². The first-order chi connectivity index (χ1) is 13.2. The summed E-state index contributed by atoms with van der Waals surface area (Å²) < 4.78 is 0. The smallest absolute Gasteiger partial charge is 0.317 e. The van der Waals surface area contributed by atoms with Crippen LogP contribution in [0.2, 0.25) is 0 Å². The van der Waals surface area contributed by atoms with Crippen LogP contribution in [0.3, 0.4) is 0 Å². The number of nitrogens with zero attached hydrogens (tertiary/aromatic N) is 1. The van der Waals surface area contributed by atoms with Crippen molar-refractivity contribution in [3.05, 3.63) is 24.3 Å². The average Bonchev–Trinajstić information content (AvgIpc) is 2.64. The summed E-state index contributed by atoms with van der Waals surface area (Å²) in [5, 5.41) is 9.12.